The molecule has 2 N–H and O–H groups in total. The van der Waals surface area contributed by atoms with Crippen molar-refractivity contribution >= 4 is 0 Å². The predicted octanol–water partition coefficient (Wildman–Crippen LogP) is 4.47. The van der Waals surface area contributed by atoms with Crippen LogP contribution in [0.3, 0.4) is 0 Å². The zero-order valence-corrected chi connectivity index (χ0v) is 13.4. The molecule has 0 aromatic heterocycles. The largest absolute Gasteiger partial charge is 0.484 e. The maximum atomic E-state index is 6.29. The van der Waals surface area contributed by atoms with Gasteiger partial charge in [0.2, 0.25) is 0 Å². The Hall–Kier alpha value is -1.80. The van der Waals surface area contributed by atoms with E-state index in [2.05, 4.69) is 64.1 Å². The number of nitrogens with two attached hydrogens (primary N) is 1. The number of hydrogen-bond donors (Lipinski definition) is 1. The van der Waals surface area contributed by atoms with Gasteiger partial charge in [-0.3, -0.25) is 0 Å². The molecule has 112 valence electrons. The molecule has 0 fully saturated rings. The first kappa shape index (κ1) is 15.6. The quantitative estimate of drug-likeness (QED) is 0.878. The fourth-order valence-corrected chi connectivity index (χ4v) is 2.40. The Bertz CT molecular complexity index is 606. The molecule has 0 bridgehead atoms. The summed E-state index contributed by atoms with van der Waals surface area (Å²) in [5, 5.41) is 0. The van der Waals surface area contributed by atoms with Crippen molar-refractivity contribution in [2.24, 2.45) is 5.73 Å². The van der Waals surface area contributed by atoms with Crippen molar-refractivity contribution in [1.82, 2.24) is 0 Å². The molecule has 0 aliphatic rings. The molecule has 0 amide bonds. The predicted molar refractivity (Wildman–Crippen MR) is 88.7 cm³/mol. The summed E-state index contributed by atoms with van der Waals surface area (Å²) in [5.41, 5.74) is 11.2. The van der Waals surface area contributed by atoms with Crippen LogP contribution in [-0.4, -0.2) is 6.04 Å². The molecule has 0 aliphatic heterocycles. The van der Waals surface area contributed by atoms with E-state index in [1.807, 2.05) is 6.07 Å². The lowest BCUT2D eigenvalue weighted by Crippen LogP contribution is -2.31. The van der Waals surface area contributed by atoms with Crippen LogP contribution in [0, 0.1) is 20.8 Å². The molecule has 2 aromatic carbocycles. The van der Waals surface area contributed by atoms with Crippen LogP contribution in [0.5, 0.6) is 5.75 Å². The highest BCUT2D eigenvalue weighted by molar-refractivity contribution is 5.35. The van der Waals surface area contributed by atoms with Gasteiger partial charge in [-0.15, -0.1) is 0 Å². The van der Waals surface area contributed by atoms with Crippen molar-refractivity contribution < 1.29 is 4.74 Å². The summed E-state index contributed by atoms with van der Waals surface area (Å²) in [5.74, 6) is 0.883. The minimum atomic E-state index is -0.114. The van der Waals surface area contributed by atoms with Crippen LogP contribution < -0.4 is 10.5 Å². The first-order valence-corrected chi connectivity index (χ1v) is 7.57. The fourth-order valence-electron chi connectivity index (χ4n) is 2.40. The molecule has 2 heteroatoms. The van der Waals surface area contributed by atoms with E-state index in [9.17, 15) is 0 Å². The van der Waals surface area contributed by atoms with E-state index >= 15 is 0 Å². The summed E-state index contributed by atoms with van der Waals surface area (Å²) >= 11 is 0. The van der Waals surface area contributed by atoms with E-state index in [-0.39, 0.29) is 12.1 Å². The summed E-state index contributed by atoms with van der Waals surface area (Å²) in [6, 6.07) is 14.6. The summed E-state index contributed by atoms with van der Waals surface area (Å²) in [4.78, 5) is 0. The molecule has 2 atom stereocenters. The second-order valence-corrected chi connectivity index (χ2v) is 5.77. The van der Waals surface area contributed by atoms with E-state index in [1.54, 1.807) is 0 Å². The molecule has 0 saturated carbocycles. The highest BCUT2D eigenvalue weighted by Gasteiger charge is 2.20. The van der Waals surface area contributed by atoms with Crippen LogP contribution in [0.2, 0.25) is 0 Å². The normalized spacial score (nSPS) is 13.8. The van der Waals surface area contributed by atoms with Crippen molar-refractivity contribution in [2.75, 3.05) is 0 Å². The van der Waals surface area contributed by atoms with Gasteiger partial charge in [0.1, 0.15) is 11.9 Å². The van der Waals surface area contributed by atoms with Gasteiger partial charge in [-0.25, -0.2) is 0 Å². The van der Waals surface area contributed by atoms with Gasteiger partial charge >= 0.3 is 0 Å². The first-order valence-electron chi connectivity index (χ1n) is 7.57. The molecule has 21 heavy (non-hydrogen) atoms. The van der Waals surface area contributed by atoms with Gasteiger partial charge < -0.3 is 10.5 Å². The van der Waals surface area contributed by atoms with E-state index in [4.69, 9.17) is 10.5 Å². The molecule has 0 saturated heterocycles. The molecule has 2 nitrogen and oxygen atoms in total. The molecule has 2 rings (SSSR count). The Labute approximate surface area is 127 Å². The lowest BCUT2D eigenvalue weighted by molar-refractivity contribution is 0.171. The van der Waals surface area contributed by atoms with Gasteiger partial charge in [-0.2, -0.15) is 0 Å². The van der Waals surface area contributed by atoms with Crippen LogP contribution in [0.1, 0.15) is 41.7 Å². The number of hydrogen-bond acceptors (Lipinski definition) is 2. The molecule has 0 spiro atoms. The van der Waals surface area contributed by atoms with Crippen molar-refractivity contribution in [3.8, 4) is 5.75 Å². The minimum Gasteiger partial charge on any atom is -0.484 e. The zero-order valence-electron chi connectivity index (χ0n) is 13.4. The first-order chi connectivity index (χ1) is 10.0. The highest BCUT2D eigenvalue weighted by Crippen LogP contribution is 2.27. The van der Waals surface area contributed by atoms with Crippen LogP contribution in [-0.2, 0) is 0 Å². The lowest BCUT2D eigenvalue weighted by atomic mass is 9.99. The van der Waals surface area contributed by atoms with E-state index in [1.165, 1.54) is 16.7 Å². The van der Waals surface area contributed by atoms with Gasteiger partial charge in [0.15, 0.2) is 0 Å². The minimum absolute atomic E-state index is 0.0200. The van der Waals surface area contributed by atoms with Gasteiger partial charge in [0.25, 0.3) is 0 Å². The fraction of sp³-hybridized carbons (Fsp3) is 0.368. The Morgan fingerprint density at radius 2 is 1.76 bits per heavy atom. The van der Waals surface area contributed by atoms with Gasteiger partial charge in [0, 0.05) is 6.04 Å². The lowest BCUT2D eigenvalue weighted by Gasteiger charge is -2.25. The molecule has 0 radical (unpaired) electrons. The zero-order chi connectivity index (χ0) is 15.4. The summed E-state index contributed by atoms with van der Waals surface area (Å²) in [6.45, 7) is 8.39. The highest BCUT2D eigenvalue weighted by atomic mass is 16.5. The molecule has 0 heterocycles. The van der Waals surface area contributed by atoms with Crippen molar-refractivity contribution in [2.45, 2.75) is 46.3 Å². The third-order valence-electron chi connectivity index (χ3n) is 3.97. The monoisotopic (exact) mass is 283 g/mol. The Morgan fingerprint density at radius 3 is 2.38 bits per heavy atom. The summed E-state index contributed by atoms with van der Waals surface area (Å²) in [6.07, 6.45) is 0.765. The smallest absolute Gasteiger partial charge is 0.139 e. The van der Waals surface area contributed by atoms with E-state index < -0.39 is 0 Å². The van der Waals surface area contributed by atoms with Gasteiger partial charge in [-0.1, -0.05) is 42.8 Å². The van der Waals surface area contributed by atoms with Crippen LogP contribution in [0.4, 0.5) is 0 Å². The third-order valence-corrected chi connectivity index (χ3v) is 3.97. The third kappa shape index (κ3) is 3.85. The SMILES string of the molecule is CCC(N)C(Oc1ccc(C)c(C)c1)c1cccc(C)c1. The second kappa shape index (κ2) is 6.77. The number of benzene rings is 2. The maximum Gasteiger partial charge on any atom is 0.139 e. The van der Waals surface area contributed by atoms with Crippen molar-refractivity contribution in [3.05, 3.63) is 64.7 Å². The van der Waals surface area contributed by atoms with Crippen molar-refractivity contribution in [3.63, 3.8) is 0 Å². The average Bonchev–Trinajstić information content (AvgIpc) is 2.47. The Balaban J connectivity index is 2.30. The Kier molecular flexibility index (Phi) is 5.03. The molecule has 2 unspecified atom stereocenters. The molecular weight excluding hydrogens is 258 g/mol. The van der Waals surface area contributed by atoms with Crippen LogP contribution in [0.15, 0.2) is 42.5 Å². The van der Waals surface area contributed by atoms with Crippen molar-refractivity contribution in [1.29, 1.82) is 0 Å². The summed E-state index contributed by atoms with van der Waals surface area (Å²) in [7, 11) is 0. The average molecular weight is 283 g/mol. The summed E-state index contributed by atoms with van der Waals surface area (Å²) < 4.78 is 6.22. The van der Waals surface area contributed by atoms with Crippen LogP contribution in [0.25, 0.3) is 0 Å². The van der Waals surface area contributed by atoms with Gasteiger partial charge in [0.05, 0.1) is 0 Å². The van der Waals surface area contributed by atoms with Gasteiger partial charge in [-0.05, 0) is 56.0 Å². The van der Waals surface area contributed by atoms with E-state index in [0.29, 0.717) is 0 Å². The number of aryl methyl sites for hydroxylation is 3. The number of ether oxygens (including phenoxy) is 1. The molecule has 2 aromatic rings. The molecular formula is C19H25NO. The van der Waals surface area contributed by atoms with E-state index in [0.717, 1.165) is 17.7 Å². The Morgan fingerprint density at radius 1 is 1.00 bits per heavy atom. The molecule has 0 aliphatic carbocycles. The van der Waals surface area contributed by atoms with Crippen LogP contribution >= 0.6 is 0 Å². The number of rotatable bonds is 5. The topological polar surface area (TPSA) is 35.2 Å². The standard InChI is InChI=1S/C19H25NO/c1-5-18(20)19(16-8-6-7-13(2)11-16)21-17-10-9-14(3)15(4)12-17/h6-12,18-19H,5,20H2,1-4H3. The maximum absolute atomic E-state index is 6.29. The second-order valence-electron chi connectivity index (χ2n) is 5.77.